The molecule has 0 spiro atoms. The molecule has 98 valence electrons. The maximum atomic E-state index is 11.9. The van der Waals surface area contributed by atoms with Gasteiger partial charge in [0.25, 0.3) is 0 Å². The smallest absolute Gasteiger partial charge is 0.225 e. The third kappa shape index (κ3) is 3.31. The number of carbonyl (C=O) groups excluding carboxylic acids is 1. The fourth-order valence-electron chi connectivity index (χ4n) is 2.10. The van der Waals surface area contributed by atoms with E-state index in [4.69, 9.17) is 9.84 Å². The molecule has 18 heavy (non-hydrogen) atoms. The van der Waals surface area contributed by atoms with Crippen LogP contribution in [0.5, 0.6) is 0 Å². The molecule has 1 aliphatic rings. The van der Waals surface area contributed by atoms with Gasteiger partial charge in [0.05, 0.1) is 25.2 Å². The van der Waals surface area contributed by atoms with E-state index in [9.17, 15) is 4.79 Å². The Morgan fingerprint density at radius 3 is 2.61 bits per heavy atom. The summed E-state index contributed by atoms with van der Waals surface area (Å²) < 4.78 is 5.38. The summed E-state index contributed by atoms with van der Waals surface area (Å²) in [6.45, 7) is 3.08. The van der Waals surface area contributed by atoms with Crippen molar-refractivity contribution in [3.05, 3.63) is 35.4 Å². The quantitative estimate of drug-likeness (QED) is 0.843. The van der Waals surface area contributed by atoms with E-state index in [2.05, 4.69) is 5.32 Å². The number of aliphatic hydroxyl groups excluding tert-OH is 1. The molecule has 4 heteroatoms. The molecule has 1 fully saturated rings. The van der Waals surface area contributed by atoms with Gasteiger partial charge >= 0.3 is 0 Å². The molecule has 0 bridgehead atoms. The van der Waals surface area contributed by atoms with Gasteiger partial charge in [-0.15, -0.1) is 0 Å². The summed E-state index contributed by atoms with van der Waals surface area (Å²) in [6, 6.07) is 7.56. The van der Waals surface area contributed by atoms with Gasteiger partial charge in [-0.3, -0.25) is 4.79 Å². The van der Waals surface area contributed by atoms with Crippen LogP contribution in [-0.4, -0.2) is 23.7 Å². The zero-order chi connectivity index (χ0) is 13.0. The van der Waals surface area contributed by atoms with E-state index in [1.165, 1.54) is 0 Å². The van der Waals surface area contributed by atoms with Gasteiger partial charge in [-0.05, 0) is 24.5 Å². The maximum Gasteiger partial charge on any atom is 0.225 e. The van der Waals surface area contributed by atoms with Gasteiger partial charge in [0.1, 0.15) is 0 Å². The van der Waals surface area contributed by atoms with Crippen LogP contribution in [0.15, 0.2) is 24.3 Å². The van der Waals surface area contributed by atoms with Crippen molar-refractivity contribution in [3.63, 3.8) is 0 Å². The van der Waals surface area contributed by atoms with Crippen molar-refractivity contribution in [2.45, 2.75) is 32.6 Å². The highest BCUT2D eigenvalue weighted by Gasteiger charge is 2.27. The molecule has 2 atom stereocenters. The number of amides is 1. The van der Waals surface area contributed by atoms with E-state index in [0.717, 1.165) is 17.5 Å². The summed E-state index contributed by atoms with van der Waals surface area (Å²) in [4.78, 5) is 11.9. The molecular formula is C14H19NO3. The van der Waals surface area contributed by atoms with Crippen LogP contribution >= 0.6 is 0 Å². The molecule has 1 heterocycles. The van der Waals surface area contributed by atoms with Crippen molar-refractivity contribution in [3.8, 4) is 0 Å². The molecule has 2 rings (SSSR count). The van der Waals surface area contributed by atoms with Crippen LogP contribution in [0, 0.1) is 5.92 Å². The van der Waals surface area contributed by atoms with Crippen molar-refractivity contribution in [2.75, 3.05) is 6.61 Å². The first-order chi connectivity index (χ1) is 8.69. The molecule has 0 aromatic heterocycles. The predicted molar refractivity (Wildman–Crippen MR) is 67.7 cm³/mol. The first-order valence-corrected chi connectivity index (χ1v) is 6.27. The Balaban J connectivity index is 1.81. The molecule has 1 saturated heterocycles. The first-order valence-electron chi connectivity index (χ1n) is 6.27. The normalized spacial score (nSPS) is 23.0. The second kappa shape index (κ2) is 5.98. The van der Waals surface area contributed by atoms with Gasteiger partial charge in [0, 0.05) is 6.54 Å². The average molecular weight is 249 g/mol. The third-order valence-corrected chi connectivity index (χ3v) is 3.24. The van der Waals surface area contributed by atoms with Gasteiger partial charge in [0.2, 0.25) is 5.91 Å². The molecule has 1 aliphatic heterocycles. The van der Waals surface area contributed by atoms with E-state index in [1.54, 1.807) is 0 Å². The van der Waals surface area contributed by atoms with Crippen LogP contribution in [0.1, 0.15) is 24.5 Å². The van der Waals surface area contributed by atoms with E-state index >= 15 is 0 Å². The SMILES string of the molecule is CC1CC(C(=O)NCc2ccc(CO)cc2)CO1. The van der Waals surface area contributed by atoms with Gasteiger partial charge < -0.3 is 15.2 Å². The fraction of sp³-hybridized carbons (Fsp3) is 0.500. The largest absolute Gasteiger partial charge is 0.392 e. The lowest BCUT2D eigenvalue weighted by atomic mass is 10.1. The lowest BCUT2D eigenvalue weighted by Gasteiger charge is -2.09. The van der Waals surface area contributed by atoms with Gasteiger partial charge in [-0.1, -0.05) is 24.3 Å². The zero-order valence-corrected chi connectivity index (χ0v) is 10.6. The summed E-state index contributed by atoms with van der Waals surface area (Å²) in [5.41, 5.74) is 1.91. The summed E-state index contributed by atoms with van der Waals surface area (Å²) in [5, 5.41) is 11.8. The number of nitrogens with one attached hydrogen (secondary N) is 1. The molecule has 2 N–H and O–H groups in total. The highest BCUT2D eigenvalue weighted by atomic mass is 16.5. The fourth-order valence-corrected chi connectivity index (χ4v) is 2.10. The number of aliphatic hydroxyl groups is 1. The van der Waals surface area contributed by atoms with Crippen LogP contribution in [0.25, 0.3) is 0 Å². The van der Waals surface area contributed by atoms with E-state index in [-0.39, 0.29) is 24.5 Å². The lowest BCUT2D eigenvalue weighted by molar-refractivity contribution is -0.125. The molecular weight excluding hydrogens is 230 g/mol. The number of rotatable bonds is 4. The van der Waals surface area contributed by atoms with Crippen LogP contribution in [-0.2, 0) is 22.7 Å². The second-order valence-corrected chi connectivity index (χ2v) is 4.77. The minimum Gasteiger partial charge on any atom is -0.392 e. The van der Waals surface area contributed by atoms with Crippen LogP contribution in [0.2, 0.25) is 0 Å². The van der Waals surface area contributed by atoms with Gasteiger partial charge in [-0.2, -0.15) is 0 Å². The van der Waals surface area contributed by atoms with Crippen molar-refractivity contribution in [1.29, 1.82) is 0 Å². The summed E-state index contributed by atoms with van der Waals surface area (Å²) in [5.74, 6) is 0.0438. The standard InChI is InChI=1S/C14H19NO3/c1-10-6-13(9-18-10)14(17)15-7-11-2-4-12(8-16)5-3-11/h2-5,10,13,16H,6-9H2,1H3,(H,15,17). The Morgan fingerprint density at radius 2 is 2.06 bits per heavy atom. The lowest BCUT2D eigenvalue weighted by Crippen LogP contribution is -2.30. The van der Waals surface area contributed by atoms with E-state index in [1.807, 2.05) is 31.2 Å². The zero-order valence-electron chi connectivity index (χ0n) is 10.6. The number of hydrogen-bond acceptors (Lipinski definition) is 3. The molecule has 0 saturated carbocycles. The Bertz CT molecular complexity index is 402. The van der Waals surface area contributed by atoms with Crippen molar-refractivity contribution in [1.82, 2.24) is 5.32 Å². The highest BCUT2D eigenvalue weighted by molar-refractivity contribution is 5.79. The predicted octanol–water partition coefficient (Wildman–Crippen LogP) is 1.22. The van der Waals surface area contributed by atoms with E-state index < -0.39 is 0 Å². The van der Waals surface area contributed by atoms with Gasteiger partial charge in [-0.25, -0.2) is 0 Å². The van der Waals surface area contributed by atoms with Crippen molar-refractivity contribution < 1.29 is 14.6 Å². The van der Waals surface area contributed by atoms with Crippen LogP contribution < -0.4 is 5.32 Å². The molecule has 0 aliphatic carbocycles. The van der Waals surface area contributed by atoms with Crippen molar-refractivity contribution in [2.24, 2.45) is 5.92 Å². The molecule has 1 amide bonds. The monoisotopic (exact) mass is 249 g/mol. The van der Waals surface area contributed by atoms with E-state index in [0.29, 0.717) is 13.2 Å². The number of hydrogen-bond donors (Lipinski definition) is 2. The number of ether oxygens (including phenoxy) is 1. The van der Waals surface area contributed by atoms with Gasteiger partial charge in [0.15, 0.2) is 0 Å². The molecule has 1 aromatic carbocycles. The Morgan fingerprint density at radius 1 is 1.39 bits per heavy atom. The topological polar surface area (TPSA) is 58.6 Å². The number of benzene rings is 1. The molecule has 0 radical (unpaired) electrons. The Kier molecular flexibility index (Phi) is 4.33. The molecule has 2 unspecified atom stereocenters. The summed E-state index contributed by atoms with van der Waals surface area (Å²) in [7, 11) is 0. The van der Waals surface area contributed by atoms with Crippen LogP contribution in [0.4, 0.5) is 0 Å². The second-order valence-electron chi connectivity index (χ2n) is 4.77. The average Bonchev–Trinajstić information content (AvgIpc) is 2.83. The molecule has 4 nitrogen and oxygen atoms in total. The highest BCUT2D eigenvalue weighted by Crippen LogP contribution is 2.19. The Hall–Kier alpha value is -1.39. The maximum absolute atomic E-state index is 11.9. The Labute approximate surface area is 107 Å². The minimum absolute atomic E-state index is 0.0169. The number of carbonyl (C=O) groups is 1. The third-order valence-electron chi connectivity index (χ3n) is 3.24. The van der Waals surface area contributed by atoms with Crippen molar-refractivity contribution >= 4 is 5.91 Å². The summed E-state index contributed by atoms with van der Waals surface area (Å²) >= 11 is 0. The molecule has 1 aromatic rings. The van der Waals surface area contributed by atoms with Crippen LogP contribution in [0.3, 0.4) is 0 Å². The first kappa shape index (κ1) is 13.1. The summed E-state index contributed by atoms with van der Waals surface area (Å²) in [6.07, 6.45) is 0.986. The minimum atomic E-state index is -0.0169.